The molecule has 0 atom stereocenters. The van der Waals surface area contributed by atoms with E-state index in [-0.39, 0.29) is 5.70 Å². The van der Waals surface area contributed by atoms with Crippen molar-refractivity contribution in [1.82, 2.24) is 0 Å². The minimum Gasteiger partial charge on any atom is -0.497 e. The van der Waals surface area contributed by atoms with Crippen molar-refractivity contribution >= 4 is 40.4 Å². The predicted octanol–water partition coefficient (Wildman–Crippen LogP) is 5.05. The van der Waals surface area contributed by atoms with Crippen LogP contribution >= 0.6 is 11.6 Å². The van der Waals surface area contributed by atoms with Crippen LogP contribution in [0.15, 0.2) is 78.5 Å². The molecule has 3 aromatic carbocycles. The highest BCUT2D eigenvalue weighted by Gasteiger charge is 2.40. The van der Waals surface area contributed by atoms with Gasteiger partial charge in [0.05, 0.1) is 18.4 Å². The van der Waals surface area contributed by atoms with E-state index >= 15 is 0 Å². The Morgan fingerprint density at radius 3 is 2.37 bits per heavy atom. The van der Waals surface area contributed by atoms with Crippen LogP contribution < -0.4 is 15.0 Å². The summed E-state index contributed by atoms with van der Waals surface area (Å²) in [5.41, 5.74) is 3.10. The number of carbonyl (C=O) groups excluding carboxylic acids is 2. The van der Waals surface area contributed by atoms with Crippen LogP contribution in [-0.4, -0.2) is 18.9 Å². The highest BCUT2D eigenvalue weighted by molar-refractivity contribution is 6.46. The van der Waals surface area contributed by atoms with Crippen LogP contribution in [0, 0.1) is 6.92 Å². The van der Waals surface area contributed by atoms with Crippen molar-refractivity contribution in [3.63, 3.8) is 0 Å². The number of nitrogens with one attached hydrogen (secondary N) is 1. The standard InChI is InChI=1S/C24H19ClN2O3/c1-15-11-12-18(14-20(15)25)27-23(28)21(16-7-4-3-5-8-16)22(24(27)29)26-17-9-6-10-19(13-17)30-2/h3-14,26H,1-2H3. The van der Waals surface area contributed by atoms with Crippen LogP contribution in [0.2, 0.25) is 5.02 Å². The number of methoxy groups -OCH3 is 1. The number of imide groups is 1. The van der Waals surface area contributed by atoms with Crippen LogP contribution in [0.25, 0.3) is 5.57 Å². The maximum atomic E-state index is 13.4. The second-order valence-electron chi connectivity index (χ2n) is 6.85. The molecular formula is C24H19ClN2O3. The second-order valence-corrected chi connectivity index (χ2v) is 7.26. The average Bonchev–Trinajstić information content (AvgIpc) is 3.00. The van der Waals surface area contributed by atoms with Crippen LogP contribution in [0.5, 0.6) is 5.75 Å². The lowest BCUT2D eigenvalue weighted by Gasteiger charge is -2.16. The maximum Gasteiger partial charge on any atom is 0.282 e. The minimum atomic E-state index is -0.443. The topological polar surface area (TPSA) is 58.6 Å². The van der Waals surface area contributed by atoms with Gasteiger partial charge < -0.3 is 10.1 Å². The van der Waals surface area contributed by atoms with Crippen molar-refractivity contribution in [2.45, 2.75) is 6.92 Å². The van der Waals surface area contributed by atoms with Gasteiger partial charge in [-0.15, -0.1) is 0 Å². The van der Waals surface area contributed by atoms with Gasteiger partial charge in [-0.3, -0.25) is 9.59 Å². The van der Waals surface area contributed by atoms with Gasteiger partial charge in [0.1, 0.15) is 11.4 Å². The van der Waals surface area contributed by atoms with Crippen molar-refractivity contribution in [1.29, 1.82) is 0 Å². The van der Waals surface area contributed by atoms with Gasteiger partial charge in [0.2, 0.25) is 0 Å². The first kappa shape index (κ1) is 19.7. The first-order valence-electron chi connectivity index (χ1n) is 9.35. The number of hydrogen-bond acceptors (Lipinski definition) is 4. The lowest BCUT2D eigenvalue weighted by molar-refractivity contribution is -0.120. The molecule has 6 heteroatoms. The Labute approximate surface area is 179 Å². The summed E-state index contributed by atoms with van der Waals surface area (Å²) in [4.78, 5) is 27.9. The quantitative estimate of drug-likeness (QED) is 0.589. The lowest BCUT2D eigenvalue weighted by Crippen LogP contribution is -2.32. The summed E-state index contributed by atoms with van der Waals surface area (Å²) in [5.74, 6) is -0.209. The van der Waals surface area contributed by atoms with Crippen molar-refractivity contribution in [3.05, 3.63) is 94.6 Å². The number of nitrogens with zero attached hydrogens (tertiary/aromatic N) is 1. The summed E-state index contributed by atoms with van der Waals surface area (Å²) < 4.78 is 5.26. The minimum absolute atomic E-state index is 0.205. The summed E-state index contributed by atoms with van der Waals surface area (Å²) in [6, 6.07) is 21.4. The van der Waals surface area contributed by atoms with E-state index in [1.54, 1.807) is 55.6 Å². The molecule has 3 aromatic rings. The first-order chi connectivity index (χ1) is 14.5. The van der Waals surface area contributed by atoms with E-state index in [0.717, 1.165) is 10.5 Å². The first-order valence-corrected chi connectivity index (χ1v) is 9.73. The summed E-state index contributed by atoms with van der Waals surface area (Å²) in [6.07, 6.45) is 0. The number of hydrogen-bond donors (Lipinski definition) is 1. The Balaban J connectivity index is 1.81. The fraction of sp³-hybridized carbons (Fsp3) is 0.0833. The molecule has 4 rings (SSSR count). The number of aryl methyl sites for hydroxylation is 1. The number of rotatable bonds is 5. The maximum absolute atomic E-state index is 13.4. The third-order valence-electron chi connectivity index (χ3n) is 4.90. The van der Waals surface area contributed by atoms with Crippen LogP contribution in [0.3, 0.4) is 0 Å². The normalized spacial score (nSPS) is 13.8. The smallest absolute Gasteiger partial charge is 0.282 e. The van der Waals surface area contributed by atoms with Crippen molar-refractivity contribution < 1.29 is 14.3 Å². The molecule has 30 heavy (non-hydrogen) atoms. The number of ether oxygens (including phenoxy) is 1. The zero-order valence-electron chi connectivity index (χ0n) is 16.5. The third-order valence-corrected chi connectivity index (χ3v) is 5.31. The lowest BCUT2D eigenvalue weighted by atomic mass is 10.0. The molecule has 0 bridgehead atoms. The Morgan fingerprint density at radius 1 is 0.900 bits per heavy atom. The Hall–Kier alpha value is -3.57. The fourth-order valence-corrected chi connectivity index (χ4v) is 3.49. The van der Waals surface area contributed by atoms with Gasteiger partial charge in [0.15, 0.2) is 0 Å². The molecular weight excluding hydrogens is 400 g/mol. The van der Waals surface area contributed by atoms with Crippen LogP contribution in [0.4, 0.5) is 11.4 Å². The number of carbonyl (C=O) groups is 2. The molecule has 1 heterocycles. The van der Waals surface area contributed by atoms with Gasteiger partial charge in [-0.2, -0.15) is 0 Å². The number of amides is 2. The summed E-state index contributed by atoms with van der Waals surface area (Å²) in [5, 5.41) is 3.61. The number of halogens is 1. The molecule has 0 aromatic heterocycles. The van der Waals surface area contributed by atoms with Gasteiger partial charge >= 0.3 is 0 Å². The molecule has 0 saturated heterocycles. The highest BCUT2D eigenvalue weighted by atomic mass is 35.5. The summed E-state index contributed by atoms with van der Waals surface area (Å²) >= 11 is 6.25. The fourth-order valence-electron chi connectivity index (χ4n) is 3.32. The number of anilines is 2. The predicted molar refractivity (Wildman–Crippen MR) is 119 cm³/mol. The zero-order valence-corrected chi connectivity index (χ0v) is 17.2. The Kier molecular flexibility index (Phi) is 5.29. The highest BCUT2D eigenvalue weighted by Crippen LogP contribution is 2.35. The van der Waals surface area contributed by atoms with E-state index in [1.165, 1.54) is 0 Å². The molecule has 150 valence electrons. The van der Waals surface area contributed by atoms with E-state index in [4.69, 9.17) is 16.3 Å². The van der Waals surface area contributed by atoms with Crippen molar-refractivity contribution in [2.75, 3.05) is 17.3 Å². The summed E-state index contributed by atoms with van der Waals surface area (Å²) in [6.45, 7) is 1.86. The Bertz CT molecular complexity index is 1170. The van der Waals surface area contributed by atoms with E-state index in [1.807, 2.05) is 31.2 Å². The molecule has 1 aliphatic rings. The third kappa shape index (κ3) is 3.55. The average molecular weight is 419 g/mol. The molecule has 0 spiro atoms. The molecule has 1 N–H and O–H groups in total. The van der Waals surface area contributed by atoms with Gasteiger partial charge in [0.25, 0.3) is 11.8 Å². The van der Waals surface area contributed by atoms with E-state index in [0.29, 0.717) is 33.3 Å². The van der Waals surface area contributed by atoms with Gasteiger partial charge in [-0.1, -0.05) is 54.1 Å². The molecule has 0 saturated carbocycles. The Morgan fingerprint density at radius 2 is 1.67 bits per heavy atom. The van der Waals surface area contributed by atoms with E-state index in [2.05, 4.69) is 5.32 Å². The van der Waals surface area contributed by atoms with Crippen molar-refractivity contribution in [3.8, 4) is 5.75 Å². The molecule has 0 unspecified atom stereocenters. The van der Waals surface area contributed by atoms with Gasteiger partial charge in [0, 0.05) is 16.8 Å². The zero-order chi connectivity index (χ0) is 21.3. The van der Waals surface area contributed by atoms with Crippen LogP contribution in [0.1, 0.15) is 11.1 Å². The van der Waals surface area contributed by atoms with Gasteiger partial charge in [-0.05, 0) is 42.3 Å². The molecule has 0 aliphatic carbocycles. The molecule has 0 fully saturated rings. The monoisotopic (exact) mass is 418 g/mol. The molecule has 0 radical (unpaired) electrons. The number of benzene rings is 3. The molecule has 2 amide bonds. The largest absolute Gasteiger partial charge is 0.497 e. The molecule has 1 aliphatic heterocycles. The summed E-state index contributed by atoms with van der Waals surface area (Å²) in [7, 11) is 1.57. The van der Waals surface area contributed by atoms with Crippen LogP contribution in [-0.2, 0) is 9.59 Å². The van der Waals surface area contributed by atoms with Gasteiger partial charge in [-0.25, -0.2) is 4.90 Å². The second kappa shape index (κ2) is 8.05. The van der Waals surface area contributed by atoms with E-state index in [9.17, 15) is 9.59 Å². The van der Waals surface area contributed by atoms with Crippen molar-refractivity contribution in [2.24, 2.45) is 0 Å². The molecule has 5 nitrogen and oxygen atoms in total. The SMILES string of the molecule is COc1cccc(NC2=C(c3ccccc3)C(=O)N(c3ccc(C)c(Cl)c3)C2=O)c1. The van der Waals surface area contributed by atoms with E-state index < -0.39 is 11.8 Å².